The Morgan fingerprint density at radius 3 is 2.00 bits per heavy atom. The van der Waals surface area contributed by atoms with E-state index in [1.807, 2.05) is 0 Å². The van der Waals surface area contributed by atoms with Gasteiger partial charge in [-0.15, -0.1) is 0 Å². The maximum atomic E-state index is 10.4. The zero-order valence-electron chi connectivity index (χ0n) is 5.50. The molecule has 0 saturated heterocycles. The molecule has 1 aromatic carbocycles. The summed E-state index contributed by atoms with van der Waals surface area (Å²) in [4.78, 5) is 0. The summed E-state index contributed by atoms with van der Waals surface area (Å²) in [5.74, 6) is 0. The maximum absolute atomic E-state index is 10.4. The molecule has 0 spiro atoms. The standard InChI is InChI=1S/C7H9N2O/c8-6-2-1-3-7(9)5(6)4-10/h1-3H,4,8-9H2. The molecular weight excluding hydrogens is 128 g/mol. The van der Waals surface area contributed by atoms with E-state index in [9.17, 15) is 5.11 Å². The van der Waals surface area contributed by atoms with Crippen molar-refractivity contribution in [3.8, 4) is 0 Å². The van der Waals surface area contributed by atoms with E-state index in [2.05, 4.69) is 0 Å². The monoisotopic (exact) mass is 137 g/mol. The first-order valence-corrected chi connectivity index (χ1v) is 2.96. The van der Waals surface area contributed by atoms with Crippen LogP contribution >= 0.6 is 0 Å². The summed E-state index contributed by atoms with van der Waals surface area (Å²) >= 11 is 0. The Bertz CT molecular complexity index is 215. The summed E-state index contributed by atoms with van der Waals surface area (Å²) in [6.07, 6.45) is 0. The Hall–Kier alpha value is -1.22. The van der Waals surface area contributed by atoms with Gasteiger partial charge in [0.25, 0.3) is 0 Å². The number of nitrogens with two attached hydrogens (primary N) is 2. The average Bonchev–Trinajstić information content (AvgIpc) is 1.88. The number of rotatable bonds is 1. The molecule has 1 radical (unpaired) electrons. The molecule has 3 heteroatoms. The first-order valence-electron chi connectivity index (χ1n) is 2.96. The fourth-order valence-electron chi connectivity index (χ4n) is 0.790. The second-order valence-corrected chi connectivity index (χ2v) is 2.06. The lowest BCUT2D eigenvalue weighted by Gasteiger charge is -2.02. The van der Waals surface area contributed by atoms with Crippen molar-refractivity contribution in [1.82, 2.24) is 0 Å². The van der Waals surface area contributed by atoms with Crippen LogP contribution in [0.3, 0.4) is 0 Å². The van der Waals surface area contributed by atoms with E-state index in [4.69, 9.17) is 11.5 Å². The Balaban J connectivity index is 3.17. The predicted octanol–water partition coefficient (Wildman–Crippen LogP) is 0.782. The molecule has 0 heterocycles. The number of hydrogen-bond donors (Lipinski definition) is 2. The van der Waals surface area contributed by atoms with Crippen LogP contribution in [0.15, 0.2) is 18.2 Å². The Morgan fingerprint density at radius 2 is 1.70 bits per heavy atom. The Kier molecular flexibility index (Phi) is 1.78. The van der Waals surface area contributed by atoms with Crippen LogP contribution in [0.1, 0.15) is 5.56 Å². The molecule has 0 aliphatic rings. The molecule has 0 fully saturated rings. The van der Waals surface area contributed by atoms with Crippen molar-refractivity contribution in [2.24, 2.45) is 0 Å². The minimum absolute atomic E-state index is 0.349. The SMILES string of the molecule is Nc1cccc(N)c1C[O]. The van der Waals surface area contributed by atoms with Gasteiger partial charge in [-0.2, -0.15) is 0 Å². The average molecular weight is 137 g/mol. The van der Waals surface area contributed by atoms with Crippen molar-refractivity contribution < 1.29 is 5.11 Å². The number of nitrogen functional groups attached to an aromatic ring is 2. The van der Waals surface area contributed by atoms with Gasteiger partial charge in [-0.3, -0.25) is 0 Å². The highest BCUT2D eigenvalue weighted by Gasteiger charge is 2.00. The van der Waals surface area contributed by atoms with Gasteiger partial charge in [-0.25, -0.2) is 5.11 Å². The van der Waals surface area contributed by atoms with Gasteiger partial charge in [0.2, 0.25) is 0 Å². The normalized spacial score (nSPS) is 9.70. The van der Waals surface area contributed by atoms with Crippen LogP contribution in [0.25, 0.3) is 0 Å². The molecule has 1 aromatic rings. The molecule has 0 unspecified atom stereocenters. The third kappa shape index (κ3) is 1.04. The largest absolute Gasteiger partial charge is 0.398 e. The summed E-state index contributed by atoms with van der Waals surface area (Å²) in [7, 11) is 0. The second-order valence-electron chi connectivity index (χ2n) is 2.06. The van der Waals surface area contributed by atoms with Gasteiger partial charge in [0.15, 0.2) is 0 Å². The first kappa shape index (κ1) is 6.89. The lowest BCUT2D eigenvalue weighted by atomic mass is 10.1. The molecule has 0 aliphatic carbocycles. The van der Waals surface area contributed by atoms with Crippen LogP contribution in [0.2, 0.25) is 0 Å². The first-order chi connectivity index (χ1) is 4.75. The van der Waals surface area contributed by atoms with Crippen molar-refractivity contribution >= 4 is 11.4 Å². The van der Waals surface area contributed by atoms with Gasteiger partial charge in [0, 0.05) is 16.9 Å². The van der Waals surface area contributed by atoms with Gasteiger partial charge >= 0.3 is 0 Å². The topological polar surface area (TPSA) is 71.9 Å². The molecule has 53 valence electrons. The van der Waals surface area contributed by atoms with Crippen molar-refractivity contribution in [3.05, 3.63) is 23.8 Å². The lowest BCUT2D eigenvalue weighted by Crippen LogP contribution is -1.98. The minimum Gasteiger partial charge on any atom is -0.398 e. The number of hydrogen-bond acceptors (Lipinski definition) is 2. The van der Waals surface area contributed by atoms with Crippen LogP contribution in [0.4, 0.5) is 11.4 Å². The fraction of sp³-hybridized carbons (Fsp3) is 0.143. The number of benzene rings is 1. The molecule has 3 nitrogen and oxygen atoms in total. The van der Waals surface area contributed by atoms with Crippen molar-refractivity contribution in [2.75, 3.05) is 11.5 Å². The van der Waals surface area contributed by atoms with E-state index in [0.717, 1.165) is 0 Å². The van der Waals surface area contributed by atoms with Crippen LogP contribution in [0.5, 0.6) is 0 Å². The highest BCUT2D eigenvalue weighted by Crippen LogP contribution is 2.18. The zero-order valence-corrected chi connectivity index (χ0v) is 5.50. The smallest absolute Gasteiger partial charge is 0.111 e. The summed E-state index contributed by atoms with van der Waals surface area (Å²) in [5.41, 5.74) is 12.4. The van der Waals surface area contributed by atoms with E-state index in [-0.39, 0.29) is 6.61 Å². The van der Waals surface area contributed by atoms with Crippen LogP contribution < -0.4 is 11.5 Å². The third-order valence-corrected chi connectivity index (χ3v) is 1.39. The van der Waals surface area contributed by atoms with Gasteiger partial charge in [0.1, 0.15) is 6.61 Å². The van der Waals surface area contributed by atoms with E-state index in [1.54, 1.807) is 18.2 Å². The van der Waals surface area contributed by atoms with Gasteiger partial charge in [-0.1, -0.05) is 6.07 Å². The minimum atomic E-state index is -0.349. The highest BCUT2D eigenvalue weighted by molar-refractivity contribution is 5.60. The summed E-state index contributed by atoms with van der Waals surface area (Å²) in [6, 6.07) is 5.07. The lowest BCUT2D eigenvalue weighted by molar-refractivity contribution is 0.179. The quantitative estimate of drug-likeness (QED) is 0.561. The molecule has 0 atom stereocenters. The van der Waals surface area contributed by atoms with E-state index < -0.39 is 0 Å². The predicted molar refractivity (Wildman–Crippen MR) is 39.7 cm³/mol. The fourth-order valence-corrected chi connectivity index (χ4v) is 0.790. The summed E-state index contributed by atoms with van der Waals surface area (Å²) in [6.45, 7) is -0.349. The highest BCUT2D eigenvalue weighted by atomic mass is 16.3. The molecule has 0 aromatic heterocycles. The van der Waals surface area contributed by atoms with Crippen LogP contribution in [-0.2, 0) is 11.7 Å². The van der Waals surface area contributed by atoms with Gasteiger partial charge < -0.3 is 11.5 Å². The molecular formula is C7H9N2O. The Morgan fingerprint density at radius 1 is 1.20 bits per heavy atom. The maximum Gasteiger partial charge on any atom is 0.111 e. The van der Waals surface area contributed by atoms with Gasteiger partial charge in [-0.05, 0) is 12.1 Å². The second kappa shape index (κ2) is 2.58. The van der Waals surface area contributed by atoms with Crippen molar-refractivity contribution in [2.45, 2.75) is 6.61 Å². The summed E-state index contributed by atoms with van der Waals surface area (Å²) < 4.78 is 0. The molecule has 0 aliphatic heterocycles. The summed E-state index contributed by atoms with van der Waals surface area (Å²) in [5, 5.41) is 10.4. The molecule has 10 heavy (non-hydrogen) atoms. The van der Waals surface area contributed by atoms with E-state index in [1.165, 1.54) is 0 Å². The Labute approximate surface area is 59.3 Å². The third-order valence-electron chi connectivity index (χ3n) is 1.39. The zero-order chi connectivity index (χ0) is 7.56. The van der Waals surface area contributed by atoms with E-state index in [0.29, 0.717) is 16.9 Å². The molecule has 0 amide bonds. The van der Waals surface area contributed by atoms with Crippen molar-refractivity contribution in [3.63, 3.8) is 0 Å². The molecule has 4 N–H and O–H groups in total. The molecule has 0 saturated carbocycles. The number of anilines is 2. The van der Waals surface area contributed by atoms with Crippen LogP contribution in [-0.4, -0.2) is 0 Å². The van der Waals surface area contributed by atoms with Crippen molar-refractivity contribution in [1.29, 1.82) is 0 Å². The van der Waals surface area contributed by atoms with E-state index >= 15 is 0 Å². The van der Waals surface area contributed by atoms with Crippen LogP contribution in [0, 0.1) is 0 Å². The van der Waals surface area contributed by atoms with Gasteiger partial charge in [0.05, 0.1) is 0 Å². The molecule has 1 rings (SSSR count). The molecule has 0 bridgehead atoms.